The molecule has 3 atom stereocenters. The van der Waals surface area contributed by atoms with E-state index < -0.39 is 0 Å². The minimum Gasteiger partial charge on any atom is -0.383 e. The molecule has 3 unspecified atom stereocenters. The van der Waals surface area contributed by atoms with Crippen LogP contribution in [0.4, 0.5) is 5.69 Å². The van der Waals surface area contributed by atoms with E-state index in [1.165, 1.54) is 25.7 Å². The maximum absolute atomic E-state index is 5.47. The molecule has 0 amide bonds. The van der Waals surface area contributed by atoms with E-state index in [1.807, 2.05) is 42.6 Å². The van der Waals surface area contributed by atoms with Gasteiger partial charge in [-0.25, -0.2) is 9.97 Å². The molecule has 1 aliphatic heterocycles. The lowest BCUT2D eigenvalue weighted by Crippen LogP contribution is -2.55. The molecule has 1 aliphatic carbocycles. The van der Waals surface area contributed by atoms with E-state index >= 15 is 0 Å². The zero-order valence-electron chi connectivity index (χ0n) is 26.2. The first kappa shape index (κ1) is 31.4. The molecule has 41 heavy (non-hydrogen) atoms. The number of piperazine rings is 1. The summed E-state index contributed by atoms with van der Waals surface area (Å²) in [6, 6.07) is 16.7. The third-order valence-corrected chi connectivity index (χ3v) is 8.48. The fourth-order valence-electron chi connectivity index (χ4n) is 6.49. The summed E-state index contributed by atoms with van der Waals surface area (Å²) in [5.74, 6) is 1.14. The van der Waals surface area contributed by atoms with E-state index in [1.54, 1.807) is 7.11 Å². The van der Waals surface area contributed by atoms with E-state index in [-0.39, 0.29) is 6.04 Å². The van der Waals surface area contributed by atoms with Crippen molar-refractivity contribution in [2.24, 2.45) is 0 Å². The Balaban J connectivity index is 0.000000572. The number of aromatic nitrogens is 3. The largest absolute Gasteiger partial charge is 0.383 e. The van der Waals surface area contributed by atoms with Crippen LogP contribution in [-0.2, 0) is 11.3 Å². The zero-order valence-corrected chi connectivity index (χ0v) is 26.2. The number of hydrogen-bond acceptors (Lipinski definition) is 7. The number of anilines is 1. The molecule has 2 fully saturated rings. The summed E-state index contributed by atoms with van der Waals surface area (Å²) < 4.78 is 7.78. The molecule has 1 saturated heterocycles. The van der Waals surface area contributed by atoms with Gasteiger partial charge in [-0.2, -0.15) is 0 Å². The molecule has 1 aromatic carbocycles. The minimum atomic E-state index is 0.288. The number of methoxy groups -OCH3 is 1. The number of nitrogens with zero attached hydrogens (tertiary/aromatic N) is 5. The molecule has 0 radical (unpaired) electrons. The highest BCUT2D eigenvalue weighted by atomic mass is 16.5. The molecule has 8 nitrogen and oxygen atoms in total. The molecule has 8 heteroatoms. The van der Waals surface area contributed by atoms with Gasteiger partial charge in [-0.15, -0.1) is 0 Å². The van der Waals surface area contributed by atoms with Gasteiger partial charge in [0.25, 0.3) is 0 Å². The van der Waals surface area contributed by atoms with Gasteiger partial charge in [-0.3, -0.25) is 4.90 Å². The van der Waals surface area contributed by atoms with Gasteiger partial charge in [0.15, 0.2) is 5.65 Å². The van der Waals surface area contributed by atoms with E-state index in [2.05, 4.69) is 65.9 Å². The molecule has 2 aromatic heterocycles. The van der Waals surface area contributed by atoms with Crippen molar-refractivity contribution in [1.29, 1.82) is 0 Å². The first-order valence-corrected chi connectivity index (χ1v) is 15.7. The number of ether oxygens (including phenoxy) is 1. The van der Waals surface area contributed by atoms with Crippen LogP contribution in [0.5, 0.6) is 0 Å². The van der Waals surface area contributed by atoms with Gasteiger partial charge in [0.05, 0.1) is 24.5 Å². The van der Waals surface area contributed by atoms with Crippen molar-refractivity contribution in [1.82, 2.24) is 29.7 Å². The van der Waals surface area contributed by atoms with Crippen LogP contribution in [-0.4, -0.2) is 89.4 Å². The Kier molecular flexibility index (Phi) is 12.0. The van der Waals surface area contributed by atoms with Crippen LogP contribution < -0.4 is 10.6 Å². The highest BCUT2D eigenvalue weighted by Gasteiger charge is 2.31. The topological polar surface area (TPSA) is 70.5 Å². The predicted molar refractivity (Wildman–Crippen MR) is 170 cm³/mol. The van der Waals surface area contributed by atoms with Crippen molar-refractivity contribution in [3.63, 3.8) is 0 Å². The summed E-state index contributed by atoms with van der Waals surface area (Å²) in [7, 11) is 6.16. The SMILES string of the molecule is CCCC(c1nc2cc(NC3CCC(N(C)C)CC3)cnc2n1CCOC)N1CC(C)NC(C)C1.c1ccccc1. The Morgan fingerprint density at radius 1 is 1.02 bits per heavy atom. The normalized spacial score (nSPS) is 24.2. The zero-order chi connectivity index (χ0) is 29.2. The quantitative estimate of drug-likeness (QED) is 0.334. The Morgan fingerprint density at radius 2 is 1.66 bits per heavy atom. The summed E-state index contributed by atoms with van der Waals surface area (Å²) in [5.41, 5.74) is 3.04. The molecule has 2 aliphatic rings. The van der Waals surface area contributed by atoms with E-state index in [9.17, 15) is 0 Å². The fourth-order valence-corrected chi connectivity index (χ4v) is 6.49. The molecule has 0 bridgehead atoms. The molecule has 226 valence electrons. The summed E-state index contributed by atoms with van der Waals surface area (Å²) in [6.07, 6.45) is 9.11. The maximum Gasteiger partial charge on any atom is 0.160 e. The molecule has 0 spiro atoms. The van der Waals surface area contributed by atoms with Crippen molar-refractivity contribution >= 4 is 16.9 Å². The molecule has 3 heterocycles. The average molecular weight is 564 g/mol. The number of rotatable bonds is 10. The molecule has 5 rings (SSSR count). The van der Waals surface area contributed by atoms with E-state index in [0.29, 0.717) is 30.8 Å². The number of nitrogens with one attached hydrogen (secondary N) is 2. The van der Waals surface area contributed by atoms with Crippen LogP contribution in [0, 0.1) is 0 Å². The third-order valence-electron chi connectivity index (χ3n) is 8.48. The smallest absolute Gasteiger partial charge is 0.160 e. The third kappa shape index (κ3) is 8.74. The predicted octanol–water partition coefficient (Wildman–Crippen LogP) is 5.57. The number of benzene rings is 1. The number of hydrogen-bond donors (Lipinski definition) is 2. The van der Waals surface area contributed by atoms with Gasteiger partial charge >= 0.3 is 0 Å². The Morgan fingerprint density at radius 3 is 2.22 bits per heavy atom. The summed E-state index contributed by atoms with van der Waals surface area (Å²) in [6.45, 7) is 10.3. The number of fused-ring (bicyclic) bond motifs is 1. The lowest BCUT2D eigenvalue weighted by atomic mass is 9.90. The molecule has 1 saturated carbocycles. The van der Waals surface area contributed by atoms with Crippen molar-refractivity contribution in [2.75, 3.05) is 46.2 Å². The van der Waals surface area contributed by atoms with Crippen LogP contribution in [0.15, 0.2) is 48.7 Å². The van der Waals surface area contributed by atoms with Crippen molar-refractivity contribution in [3.8, 4) is 0 Å². The van der Waals surface area contributed by atoms with Gasteiger partial charge in [0, 0.05) is 50.9 Å². The number of pyridine rings is 1. The summed E-state index contributed by atoms with van der Waals surface area (Å²) in [5, 5.41) is 7.44. The lowest BCUT2D eigenvalue weighted by Gasteiger charge is -2.40. The Bertz CT molecular complexity index is 1120. The molecular formula is C33H53N7O. The van der Waals surface area contributed by atoms with E-state index in [0.717, 1.165) is 55.2 Å². The van der Waals surface area contributed by atoms with Crippen molar-refractivity contribution in [3.05, 3.63) is 54.5 Å². The molecular weight excluding hydrogens is 510 g/mol. The van der Waals surface area contributed by atoms with Crippen molar-refractivity contribution in [2.45, 2.75) is 96.1 Å². The van der Waals surface area contributed by atoms with Gasteiger partial charge in [0.2, 0.25) is 0 Å². The summed E-state index contributed by atoms with van der Waals surface area (Å²) >= 11 is 0. The highest BCUT2D eigenvalue weighted by Crippen LogP contribution is 2.31. The second-order valence-corrected chi connectivity index (χ2v) is 12.2. The second-order valence-electron chi connectivity index (χ2n) is 12.2. The number of imidazole rings is 1. The van der Waals surface area contributed by atoms with Crippen LogP contribution in [0.25, 0.3) is 11.2 Å². The lowest BCUT2D eigenvalue weighted by molar-refractivity contribution is 0.108. The molecule has 3 aromatic rings. The van der Waals surface area contributed by atoms with Crippen LogP contribution >= 0.6 is 0 Å². The Labute approximate surface area is 247 Å². The second kappa shape index (κ2) is 15.6. The van der Waals surface area contributed by atoms with Crippen LogP contribution in [0.2, 0.25) is 0 Å². The van der Waals surface area contributed by atoms with Crippen molar-refractivity contribution < 1.29 is 4.74 Å². The Hall–Kier alpha value is -2.52. The minimum absolute atomic E-state index is 0.288. The van der Waals surface area contributed by atoms with E-state index in [4.69, 9.17) is 14.7 Å². The van der Waals surface area contributed by atoms with Gasteiger partial charge in [0.1, 0.15) is 11.3 Å². The first-order chi connectivity index (χ1) is 19.9. The molecule has 2 N–H and O–H groups in total. The van der Waals surface area contributed by atoms with Crippen LogP contribution in [0.1, 0.15) is 71.2 Å². The maximum atomic E-state index is 5.47. The summed E-state index contributed by atoms with van der Waals surface area (Å²) in [4.78, 5) is 15.2. The average Bonchev–Trinajstić information content (AvgIpc) is 3.33. The van der Waals surface area contributed by atoms with Crippen LogP contribution in [0.3, 0.4) is 0 Å². The monoisotopic (exact) mass is 563 g/mol. The highest BCUT2D eigenvalue weighted by molar-refractivity contribution is 5.76. The van der Waals surface area contributed by atoms with Gasteiger partial charge in [-0.1, -0.05) is 49.7 Å². The van der Waals surface area contributed by atoms with Gasteiger partial charge in [-0.05, 0) is 66.1 Å². The first-order valence-electron chi connectivity index (χ1n) is 15.7. The standard InChI is InChI=1S/C27H47N7O.C6H6/c1-7-8-25(33-17-19(2)29-20(3)18-33)27-31-24-15-22(16-28-26(24)34(27)13-14-35-6)30-21-9-11-23(12-10-21)32(4)5;1-2-4-6-5-3-1/h15-16,19-21,23,25,29-30H,7-14,17-18H2,1-6H3;1-6H. The van der Waals surface area contributed by atoms with Gasteiger partial charge < -0.3 is 24.8 Å². The fraction of sp³-hybridized carbons (Fsp3) is 0.636.